The summed E-state index contributed by atoms with van der Waals surface area (Å²) < 4.78 is 1.70. The minimum Gasteiger partial charge on any atom is -0.399 e. The number of aromatic amines is 1. The van der Waals surface area contributed by atoms with Crippen molar-refractivity contribution in [1.82, 2.24) is 24.6 Å². The van der Waals surface area contributed by atoms with Crippen LogP contribution in [0.1, 0.15) is 17.0 Å². The molecule has 0 saturated carbocycles. The number of benzene rings is 1. The topological polar surface area (TPSA) is 92.8 Å². The number of rotatable bonds is 3. The molecule has 2 aromatic heterocycles. The van der Waals surface area contributed by atoms with Gasteiger partial charge in [0, 0.05) is 50.6 Å². The number of nitrogen functional groups attached to an aromatic ring is 1. The standard InChI is InChI=1S/C18H19ClN6O/c1-24-9-14(19)16(23-24)10-25-7-6-15-13(8-25)18(26)22-17(21-15)11-2-4-12(20)5-3-11/h2-5,9H,6-8,10,20H2,1H3,(H,21,22,26). The molecule has 7 nitrogen and oxygen atoms in total. The molecule has 0 aliphatic carbocycles. The van der Waals surface area contributed by atoms with E-state index in [-0.39, 0.29) is 5.56 Å². The summed E-state index contributed by atoms with van der Waals surface area (Å²) in [7, 11) is 1.84. The van der Waals surface area contributed by atoms with E-state index in [0.717, 1.165) is 23.5 Å². The first kappa shape index (κ1) is 16.8. The smallest absolute Gasteiger partial charge is 0.255 e. The highest BCUT2D eigenvalue weighted by atomic mass is 35.5. The molecule has 4 rings (SSSR count). The van der Waals surface area contributed by atoms with E-state index in [9.17, 15) is 4.79 Å². The van der Waals surface area contributed by atoms with Crippen molar-refractivity contribution in [3.05, 3.63) is 62.8 Å². The summed E-state index contributed by atoms with van der Waals surface area (Å²) in [6.45, 7) is 1.95. The first-order valence-corrected chi connectivity index (χ1v) is 8.76. The number of halogens is 1. The summed E-state index contributed by atoms with van der Waals surface area (Å²) >= 11 is 6.20. The Kier molecular flexibility index (Phi) is 4.26. The van der Waals surface area contributed by atoms with Crippen molar-refractivity contribution in [1.29, 1.82) is 0 Å². The summed E-state index contributed by atoms with van der Waals surface area (Å²) in [5.41, 5.74) is 9.53. The molecule has 3 N–H and O–H groups in total. The third kappa shape index (κ3) is 3.23. The van der Waals surface area contributed by atoms with E-state index in [2.05, 4.69) is 20.0 Å². The Labute approximate surface area is 155 Å². The van der Waals surface area contributed by atoms with Crippen molar-refractivity contribution in [2.75, 3.05) is 12.3 Å². The molecule has 134 valence electrons. The normalized spacial score (nSPS) is 14.4. The summed E-state index contributed by atoms with van der Waals surface area (Å²) in [6, 6.07) is 7.32. The van der Waals surface area contributed by atoms with Crippen LogP contribution >= 0.6 is 11.6 Å². The molecule has 1 aliphatic rings. The number of aryl methyl sites for hydroxylation is 1. The highest BCUT2D eigenvalue weighted by Crippen LogP contribution is 2.22. The predicted octanol–water partition coefficient (Wildman–Crippen LogP) is 1.96. The zero-order valence-electron chi connectivity index (χ0n) is 14.4. The lowest BCUT2D eigenvalue weighted by molar-refractivity contribution is 0.238. The minimum atomic E-state index is -0.0985. The second-order valence-electron chi connectivity index (χ2n) is 6.52. The highest BCUT2D eigenvalue weighted by Gasteiger charge is 2.23. The van der Waals surface area contributed by atoms with E-state index < -0.39 is 0 Å². The van der Waals surface area contributed by atoms with Gasteiger partial charge in [0.15, 0.2) is 0 Å². The highest BCUT2D eigenvalue weighted by molar-refractivity contribution is 6.31. The lowest BCUT2D eigenvalue weighted by atomic mass is 10.1. The molecule has 1 aliphatic heterocycles. The van der Waals surface area contributed by atoms with Crippen LogP contribution in [0.2, 0.25) is 5.02 Å². The first-order valence-electron chi connectivity index (χ1n) is 8.38. The number of anilines is 1. The molecule has 0 radical (unpaired) electrons. The zero-order valence-corrected chi connectivity index (χ0v) is 15.1. The van der Waals surface area contributed by atoms with Crippen LogP contribution in [0.4, 0.5) is 5.69 Å². The Morgan fingerprint density at radius 1 is 1.31 bits per heavy atom. The molecule has 0 unspecified atom stereocenters. The van der Waals surface area contributed by atoms with Crippen molar-refractivity contribution in [2.45, 2.75) is 19.5 Å². The second kappa shape index (κ2) is 6.59. The second-order valence-corrected chi connectivity index (χ2v) is 6.93. The fourth-order valence-corrected chi connectivity index (χ4v) is 3.46. The monoisotopic (exact) mass is 370 g/mol. The number of hydrogen-bond donors (Lipinski definition) is 2. The number of nitrogens with zero attached hydrogens (tertiary/aromatic N) is 4. The van der Waals surface area contributed by atoms with Crippen LogP contribution in [0, 0.1) is 0 Å². The van der Waals surface area contributed by atoms with Crippen molar-refractivity contribution in [3.63, 3.8) is 0 Å². The molecule has 0 spiro atoms. The molecule has 0 atom stereocenters. The van der Waals surface area contributed by atoms with Crippen LogP contribution in [0.3, 0.4) is 0 Å². The summed E-state index contributed by atoms with van der Waals surface area (Å²) in [5, 5.41) is 5.02. The van der Waals surface area contributed by atoms with Crippen LogP contribution in [-0.4, -0.2) is 31.2 Å². The van der Waals surface area contributed by atoms with Crippen LogP contribution in [0.15, 0.2) is 35.3 Å². The van der Waals surface area contributed by atoms with Gasteiger partial charge in [0.25, 0.3) is 5.56 Å². The van der Waals surface area contributed by atoms with Crippen LogP contribution in [-0.2, 0) is 26.6 Å². The molecule has 3 heterocycles. The minimum absolute atomic E-state index is 0.0985. The van der Waals surface area contributed by atoms with Gasteiger partial charge in [0.1, 0.15) is 5.82 Å². The number of hydrogen-bond acceptors (Lipinski definition) is 5. The predicted molar refractivity (Wildman–Crippen MR) is 101 cm³/mol. The molecule has 0 bridgehead atoms. The molecule has 8 heteroatoms. The maximum Gasteiger partial charge on any atom is 0.255 e. The van der Waals surface area contributed by atoms with Gasteiger partial charge in [-0.3, -0.25) is 14.4 Å². The van der Waals surface area contributed by atoms with Crippen molar-refractivity contribution in [3.8, 4) is 11.4 Å². The van der Waals surface area contributed by atoms with Crippen molar-refractivity contribution in [2.24, 2.45) is 7.05 Å². The Morgan fingerprint density at radius 2 is 2.08 bits per heavy atom. The van der Waals surface area contributed by atoms with Gasteiger partial charge in [-0.15, -0.1) is 0 Å². The van der Waals surface area contributed by atoms with Gasteiger partial charge in [-0.25, -0.2) is 4.98 Å². The van der Waals surface area contributed by atoms with Crippen LogP contribution in [0.25, 0.3) is 11.4 Å². The van der Waals surface area contributed by atoms with E-state index in [1.54, 1.807) is 23.0 Å². The average molecular weight is 371 g/mol. The molecule has 0 fully saturated rings. The SMILES string of the molecule is Cn1cc(Cl)c(CN2CCc3nc(-c4ccc(N)cc4)[nH]c(=O)c3C2)n1. The largest absolute Gasteiger partial charge is 0.399 e. The molecule has 0 amide bonds. The van der Waals surface area contributed by atoms with Gasteiger partial charge >= 0.3 is 0 Å². The summed E-state index contributed by atoms with van der Waals surface area (Å²) in [6.07, 6.45) is 2.49. The molecule has 3 aromatic rings. The Balaban J connectivity index is 1.59. The molecule has 0 saturated heterocycles. The third-order valence-corrected chi connectivity index (χ3v) is 4.88. The number of fused-ring (bicyclic) bond motifs is 1. The molecule has 26 heavy (non-hydrogen) atoms. The van der Waals surface area contributed by atoms with Gasteiger partial charge in [0.2, 0.25) is 0 Å². The van der Waals surface area contributed by atoms with Crippen LogP contribution < -0.4 is 11.3 Å². The molecule has 1 aromatic carbocycles. The maximum absolute atomic E-state index is 12.6. The lowest BCUT2D eigenvalue weighted by Crippen LogP contribution is -2.35. The number of nitrogens with one attached hydrogen (secondary N) is 1. The fourth-order valence-electron chi connectivity index (χ4n) is 3.22. The number of nitrogens with two attached hydrogens (primary N) is 1. The van der Waals surface area contributed by atoms with Gasteiger partial charge in [-0.2, -0.15) is 5.10 Å². The zero-order chi connectivity index (χ0) is 18.3. The van der Waals surface area contributed by atoms with Crippen molar-refractivity contribution >= 4 is 17.3 Å². The Morgan fingerprint density at radius 3 is 2.77 bits per heavy atom. The molecular weight excluding hydrogens is 352 g/mol. The van der Waals surface area contributed by atoms with Gasteiger partial charge in [-0.1, -0.05) is 11.6 Å². The quantitative estimate of drug-likeness (QED) is 0.687. The van der Waals surface area contributed by atoms with E-state index in [1.165, 1.54) is 0 Å². The first-order chi connectivity index (χ1) is 12.5. The van der Waals surface area contributed by atoms with Gasteiger partial charge < -0.3 is 10.7 Å². The van der Waals surface area contributed by atoms with Crippen LogP contribution in [0.5, 0.6) is 0 Å². The maximum atomic E-state index is 12.6. The number of aromatic nitrogens is 4. The Bertz CT molecular complexity index is 1010. The summed E-state index contributed by atoms with van der Waals surface area (Å²) in [4.78, 5) is 22.3. The van der Waals surface area contributed by atoms with E-state index in [0.29, 0.717) is 41.6 Å². The summed E-state index contributed by atoms with van der Waals surface area (Å²) in [5.74, 6) is 0.579. The van der Waals surface area contributed by atoms with E-state index in [1.807, 2.05) is 19.2 Å². The van der Waals surface area contributed by atoms with Gasteiger partial charge in [0.05, 0.1) is 22.0 Å². The van der Waals surface area contributed by atoms with E-state index in [4.69, 9.17) is 17.3 Å². The fraction of sp³-hybridized carbons (Fsp3) is 0.278. The molecular formula is C18H19ClN6O. The average Bonchev–Trinajstić information content (AvgIpc) is 2.93. The van der Waals surface area contributed by atoms with Crippen molar-refractivity contribution < 1.29 is 0 Å². The Hall–Kier alpha value is -2.64. The lowest BCUT2D eigenvalue weighted by Gasteiger charge is -2.27. The van der Waals surface area contributed by atoms with Gasteiger partial charge in [-0.05, 0) is 24.3 Å². The van der Waals surface area contributed by atoms with E-state index >= 15 is 0 Å². The number of H-pyrrole nitrogens is 1. The third-order valence-electron chi connectivity index (χ3n) is 4.56.